The molecule has 0 atom stereocenters. The Labute approximate surface area is 520 Å². The monoisotopic (exact) mass is 1140 g/mol. The molecule has 0 N–H and O–H groups in total. The number of hydrogen-bond donors (Lipinski definition) is 0. The molecule has 0 spiro atoms. The molecule has 16 aromatic rings. The molecule has 4 nitrogen and oxygen atoms in total. The fourth-order valence-corrected chi connectivity index (χ4v) is 13.9. The molecule has 0 aliphatic rings. The van der Waals surface area contributed by atoms with Gasteiger partial charge < -0.3 is 19.6 Å². The van der Waals surface area contributed by atoms with E-state index in [-0.39, 0.29) is 0 Å². The second-order valence-electron chi connectivity index (χ2n) is 24.0. The fraction of sp³-hybridized carbons (Fsp3) is 0.0588. The Hall–Kier alpha value is -11.2. The van der Waals surface area contributed by atoms with Crippen molar-refractivity contribution < 1.29 is 0 Å². The standard InChI is InChI=1S/C85H64N4/c1-55-27-41-63(42-28-55)86(64-43-29-56(2)30-44-64)82-68-19-9-13-23-72(68)84(73-24-14-10-20-69(73)82)88(62-17-7-6-8-18-62)78-53-39-60-38-52-77-79(54-40-61-37-51-76(78)80(60)81(61)77)89(67-49-35-59(5)36-50-67)85-74-25-15-11-21-70(74)83(71-22-12-16-26-75(71)85)87(65-45-31-57(3)32-46-65)66-47-33-58(4)34-48-66/h6-54H,1-5H3. The highest BCUT2D eigenvalue weighted by Crippen LogP contribution is 2.56. The molecule has 0 bridgehead atoms. The third kappa shape index (κ3) is 8.98. The maximum Gasteiger partial charge on any atom is 0.0620 e. The average Bonchev–Trinajstić information content (AvgIpc) is 0.774. The van der Waals surface area contributed by atoms with Crippen LogP contribution >= 0.6 is 0 Å². The van der Waals surface area contributed by atoms with Crippen LogP contribution in [0.5, 0.6) is 0 Å². The molecule has 16 rings (SSSR count). The molecule has 16 aromatic carbocycles. The Morgan fingerprint density at radius 3 is 0.652 bits per heavy atom. The highest BCUT2D eigenvalue weighted by atomic mass is 15.2. The van der Waals surface area contributed by atoms with Crippen LogP contribution in [0.1, 0.15) is 27.8 Å². The van der Waals surface area contributed by atoms with Crippen molar-refractivity contribution in [2.24, 2.45) is 0 Å². The van der Waals surface area contributed by atoms with Gasteiger partial charge in [-0.2, -0.15) is 0 Å². The summed E-state index contributed by atoms with van der Waals surface area (Å²) in [6, 6.07) is 111. The lowest BCUT2D eigenvalue weighted by Gasteiger charge is -2.34. The van der Waals surface area contributed by atoms with Crippen molar-refractivity contribution in [1.29, 1.82) is 0 Å². The second-order valence-corrected chi connectivity index (χ2v) is 24.0. The van der Waals surface area contributed by atoms with Crippen LogP contribution in [0.4, 0.5) is 68.2 Å². The number of benzene rings is 16. The van der Waals surface area contributed by atoms with Gasteiger partial charge in [-0.05, 0) is 141 Å². The van der Waals surface area contributed by atoms with E-state index in [2.05, 4.69) is 351 Å². The molecular weight excluding hydrogens is 1080 g/mol. The minimum absolute atomic E-state index is 1.08. The van der Waals surface area contributed by atoms with Crippen molar-refractivity contribution in [1.82, 2.24) is 0 Å². The Kier molecular flexibility index (Phi) is 13.0. The second kappa shape index (κ2) is 21.6. The normalized spacial score (nSPS) is 11.7. The fourth-order valence-electron chi connectivity index (χ4n) is 13.9. The quantitative estimate of drug-likeness (QED) is 0.0687. The first-order valence-electron chi connectivity index (χ1n) is 30.9. The number of nitrogens with zero attached hydrogens (tertiary/aromatic N) is 4. The average molecular weight is 1140 g/mol. The molecule has 0 unspecified atom stereocenters. The molecule has 89 heavy (non-hydrogen) atoms. The Morgan fingerprint density at radius 2 is 0.382 bits per heavy atom. The van der Waals surface area contributed by atoms with Gasteiger partial charge in [-0.3, -0.25) is 0 Å². The predicted octanol–water partition coefficient (Wildman–Crippen LogP) is 24.6. The van der Waals surface area contributed by atoms with Crippen molar-refractivity contribution >= 4 is 144 Å². The minimum atomic E-state index is 1.08. The first-order chi connectivity index (χ1) is 43.7. The molecule has 0 aliphatic heterocycles. The van der Waals surface area contributed by atoms with Gasteiger partial charge >= 0.3 is 0 Å². The van der Waals surface area contributed by atoms with Crippen molar-refractivity contribution in [3.63, 3.8) is 0 Å². The van der Waals surface area contributed by atoms with Crippen molar-refractivity contribution in [3.05, 3.63) is 325 Å². The SMILES string of the molecule is Cc1ccc(N(c2ccc(C)cc2)c2c3ccccc3c(N(c3ccccc3)c3ccc4ccc5c(N(c6ccc(C)cc6)c6c7ccccc7c(N(c7ccc(C)cc7)c7ccc(C)cc7)c7ccccc67)ccc6ccc3c4c65)c3ccccc23)cc1. The zero-order valence-electron chi connectivity index (χ0n) is 50.6. The highest BCUT2D eigenvalue weighted by Gasteiger charge is 2.30. The van der Waals surface area contributed by atoms with E-state index in [1.165, 1.54) is 60.1 Å². The summed E-state index contributed by atoms with van der Waals surface area (Å²) in [5, 5.41) is 16.5. The lowest BCUT2D eigenvalue weighted by molar-refractivity contribution is 1.28. The Morgan fingerprint density at radius 1 is 0.169 bits per heavy atom. The number of aryl methyl sites for hydroxylation is 5. The van der Waals surface area contributed by atoms with Crippen molar-refractivity contribution in [2.45, 2.75) is 34.6 Å². The first-order valence-corrected chi connectivity index (χ1v) is 30.9. The summed E-state index contributed by atoms with van der Waals surface area (Å²) in [7, 11) is 0. The predicted molar refractivity (Wildman–Crippen MR) is 383 cm³/mol. The lowest BCUT2D eigenvalue weighted by Crippen LogP contribution is -2.15. The van der Waals surface area contributed by atoms with Gasteiger partial charge in [0, 0.05) is 88.0 Å². The number of rotatable bonds is 12. The number of anilines is 12. The van der Waals surface area contributed by atoms with Gasteiger partial charge in [-0.15, -0.1) is 0 Å². The molecule has 424 valence electrons. The van der Waals surface area contributed by atoms with E-state index in [4.69, 9.17) is 0 Å². The van der Waals surface area contributed by atoms with E-state index < -0.39 is 0 Å². The molecule has 0 fully saturated rings. The van der Waals surface area contributed by atoms with Gasteiger partial charge in [0.25, 0.3) is 0 Å². The molecule has 4 heteroatoms. The molecule has 0 aliphatic carbocycles. The maximum absolute atomic E-state index is 2.55. The largest absolute Gasteiger partial charge is 0.309 e. The van der Waals surface area contributed by atoms with E-state index in [1.54, 1.807) is 0 Å². The van der Waals surface area contributed by atoms with Crippen LogP contribution in [0.3, 0.4) is 0 Å². The number of para-hydroxylation sites is 1. The summed E-state index contributed by atoms with van der Waals surface area (Å²) in [5.41, 5.74) is 19.5. The summed E-state index contributed by atoms with van der Waals surface area (Å²) >= 11 is 0. The smallest absolute Gasteiger partial charge is 0.0620 e. The van der Waals surface area contributed by atoms with Crippen LogP contribution in [0, 0.1) is 34.6 Å². The Bertz CT molecular complexity index is 5140. The molecule has 0 heterocycles. The van der Waals surface area contributed by atoms with Gasteiger partial charge in [0.05, 0.1) is 34.1 Å². The van der Waals surface area contributed by atoms with E-state index in [0.717, 1.165) is 111 Å². The van der Waals surface area contributed by atoms with Crippen molar-refractivity contribution in [2.75, 3.05) is 19.6 Å². The van der Waals surface area contributed by atoms with Crippen LogP contribution < -0.4 is 19.6 Å². The van der Waals surface area contributed by atoms with Gasteiger partial charge in [-0.1, -0.05) is 240 Å². The summed E-state index contributed by atoms with van der Waals surface area (Å²) in [5.74, 6) is 0. The summed E-state index contributed by atoms with van der Waals surface area (Å²) in [4.78, 5) is 10.0. The van der Waals surface area contributed by atoms with Gasteiger partial charge in [0.15, 0.2) is 0 Å². The first kappa shape index (κ1) is 53.3. The van der Waals surface area contributed by atoms with Gasteiger partial charge in [0.2, 0.25) is 0 Å². The van der Waals surface area contributed by atoms with Gasteiger partial charge in [-0.25, -0.2) is 0 Å². The molecule has 0 radical (unpaired) electrons. The van der Waals surface area contributed by atoms with E-state index in [0.29, 0.717) is 0 Å². The number of hydrogen-bond acceptors (Lipinski definition) is 4. The van der Waals surface area contributed by atoms with E-state index in [1.807, 2.05) is 0 Å². The third-order valence-electron chi connectivity index (χ3n) is 18.2. The zero-order valence-corrected chi connectivity index (χ0v) is 50.6. The summed E-state index contributed by atoms with van der Waals surface area (Å²) in [6.07, 6.45) is 0. The topological polar surface area (TPSA) is 13.0 Å². The molecular formula is C85H64N4. The van der Waals surface area contributed by atoms with Crippen LogP contribution in [0.2, 0.25) is 0 Å². The molecule has 0 aromatic heterocycles. The van der Waals surface area contributed by atoms with Crippen LogP contribution in [-0.4, -0.2) is 0 Å². The third-order valence-corrected chi connectivity index (χ3v) is 18.2. The highest BCUT2D eigenvalue weighted by molar-refractivity contribution is 6.31. The summed E-state index contributed by atoms with van der Waals surface area (Å²) in [6.45, 7) is 10.8. The molecule has 0 saturated heterocycles. The van der Waals surface area contributed by atoms with Crippen LogP contribution in [0.25, 0.3) is 75.4 Å². The zero-order chi connectivity index (χ0) is 59.9. The minimum Gasteiger partial charge on any atom is -0.309 e. The number of fused-ring (bicyclic) bond motifs is 4. The van der Waals surface area contributed by atoms with Crippen LogP contribution in [0.15, 0.2) is 297 Å². The van der Waals surface area contributed by atoms with Crippen LogP contribution in [-0.2, 0) is 0 Å². The Balaban J connectivity index is 0.951. The lowest BCUT2D eigenvalue weighted by atomic mass is 9.90. The van der Waals surface area contributed by atoms with E-state index in [9.17, 15) is 0 Å². The van der Waals surface area contributed by atoms with E-state index >= 15 is 0 Å². The summed E-state index contributed by atoms with van der Waals surface area (Å²) < 4.78 is 0. The maximum atomic E-state index is 2.55. The molecule has 0 saturated carbocycles. The van der Waals surface area contributed by atoms with Gasteiger partial charge in [0.1, 0.15) is 0 Å². The van der Waals surface area contributed by atoms with Crippen molar-refractivity contribution in [3.8, 4) is 0 Å². The molecule has 0 amide bonds.